The molecular formula is C13H17N3O5. The lowest BCUT2D eigenvalue weighted by atomic mass is 10.3. The molecule has 0 unspecified atom stereocenters. The molecule has 1 aliphatic rings. The first-order valence-corrected chi connectivity index (χ1v) is 6.53. The third-order valence-corrected chi connectivity index (χ3v) is 3.13. The normalized spacial score (nSPS) is 13.6. The SMILES string of the molecule is COC(=O)CN(CC(=O)OC)c1cc(=O)[nH]c(C2CC2)n1. The number of ether oxygens (including phenoxy) is 2. The highest BCUT2D eigenvalue weighted by Crippen LogP contribution is 2.37. The Morgan fingerprint density at radius 2 is 1.86 bits per heavy atom. The monoisotopic (exact) mass is 295 g/mol. The van der Waals surface area contributed by atoms with E-state index in [0.717, 1.165) is 12.8 Å². The van der Waals surface area contributed by atoms with Crippen LogP contribution < -0.4 is 10.5 Å². The number of H-pyrrole nitrogens is 1. The Morgan fingerprint density at radius 1 is 1.29 bits per heavy atom. The molecule has 21 heavy (non-hydrogen) atoms. The summed E-state index contributed by atoms with van der Waals surface area (Å²) in [5.41, 5.74) is -0.318. The second-order valence-electron chi connectivity index (χ2n) is 4.77. The molecule has 0 atom stereocenters. The fourth-order valence-corrected chi connectivity index (χ4v) is 1.83. The molecule has 1 heterocycles. The molecule has 0 aromatic carbocycles. The van der Waals surface area contributed by atoms with Crippen molar-refractivity contribution in [3.63, 3.8) is 0 Å². The van der Waals surface area contributed by atoms with Gasteiger partial charge in [-0.2, -0.15) is 0 Å². The summed E-state index contributed by atoms with van der Waals surface area (Å²) in [5.74, 6) is 0.0207. The Kier molecular flexibility index (Phi) is 4.56. The molecular weight excluding hydrogens is 278 g/mol. The standard InChI is InChI=1S/C13H17N3O5/c1-20-11(18)6-16(7-12(19)21-2)9-5-10(17)15-13(14-9)8-3-4-8/h5,8H,3-4,6-7H2,1-2H3,(H,14,15,17). The molecule has 1 aromatic rings. The number of carbonyl (C=O) groups is 2. The number of hydrogen-bond acceptors (Lipinski definition) is 7. The van der Waals surface area contributed by atoms with E-state index in [1.807, 2.05) is 0 Å². The number of anilines is 1. The van der Waals surface area contributed by atoms with Gasteiger partial charge in [0.1, 0.15) is 24.7 Å². The van der Waals surface area contributed by atoms with Crippen molar-refractivity contribution in [3.05, 3.63) is 22.2 Å². The van der Waals surface area contributed by atoms with Crippen LogP contribution in [0.25, 0.3) is 0 Å². The van der Waals surface area contributed by atoms with E-state index in [0.29, 0.717) is 5.82 Å². The highest BCUT2D eigenvalue weighted by atomic mass is 16.5. The molecule has 114 valence electrons. The van der Waals surface area contributed by atoms with Crippen LogP contribution in [-0.2, 0) is 19.1 Å². The minimum absolute atomic E-state index is 0.188. The minimum Gasteiger partial charge on any atom is -0.468 e. The highest BCUT2D eigenvalue weighted by molar-refractivity contribution is 5.80. The number of carbonyl (C=O) groups excluding carboxylic acids is 2. The summed E-state index contributed by atoms with van der Waals surface area (Å²) in [6, 6.07) is 1.25. The fraction of sp³-hybridized carbons (Fsp3) is 0.538. The van der Waals surface area contributed by atoms with E-state index >= 15 is 0 Å². The molecule has 1 fully saturated rings. The van der Waals surface area contributed by atoms with Gasteiger partial charge in [0.25, 0.3) is 5.56 Å². The van der Waals surface area contributed by atoms with Crippen LogP contribution in [0.1, 0.15) is 24.6 Å². The van der Waals surface area contributed by atoms with E-state index in [-0.39, 0.29) is 30.4 Å². The molecule has 8 heteroatoms. The zero-order valence-corrected chi connectivity index (χ0v) is 11.9. The molecule has 8 nitrogen and oxygen atoms in total. The van der Waals surface area contributed by atoms with Crippen LogP contribution >= 0.6 is 0 Å². The predicted molar refractivity (Wildman–Crippen MR) is 73.1 cm³/mol. The molecule has 1 saturated carbocycles. The summed E-state index contributed by atoms with van der Waals surface area (Å²) in [4.78, 5) is 43.0. The molecule has 0 radical (unpaired) electrons. The van der Waals surface area contributed by atoms with Crippen LogP contribution in [0, 0.1) is 0 Å². The number of nitrogens with zero attached hydrogens (tertiary/aromatic N) is 2. The Hall–Kier alpha value is -2.38. The molecule has 0 bridgehead atoms. The van der Waals surface area contributed by atoms with Crippen molar-refractivity contribution < 1.29 is 19.1 Å². The Morgan fingerprint density at radius 3 is 2.33 bits per heavy atom. The van der Waals surface area contributed by atoms with Gasteiger partial charge in [-0.05, 0) is 12.8 Å². The molecule has 1 N–H and O–H groups in total. The van der Waals surface area contributed by atoms with Gasteiger partial charge in [0.15, 0.2) is 0 Å². The van der Waals surface area contributed by atoms with E-state index < -0.39 is 11.9 Å². The largest absolute Gasteiger partial charge is 0.468 e. The highest BCUT2D eigenvalue weighted by Gasteiger charge is 2.27. The zero-order chi connectivity index (χ0) is 15.4. The van der Waals surface area contributed by atoms with Gasteiger partial charge >= 0.3 is 11.9 Å². The first-order chi connectivity index (χ1) is 10.0. The van der Waals surface area contributed by atoms with Crippen LogP contribution in [0.15, 0.2) is 10.9 Å². The van der Waals surface area contributed by atoms with Gasteiger partial charge in [-0.1, -0.05) is 0 Å². The predicted octanol–water partition coefficient (Wildman–Crippen LogP) is -0.200. The zero-order valence-electron chi connectivity index (χ0n) is 11.9. The summed E-state index contributed by atoms with van der Waals surface area (Å²) >= 11 is 0. The quantitative estimate of drug-likeness (QED) is 0.725. The number of aromatic amines is 1. The van der Waals surface area contributed by atoms with Crippen LogP contribution in [0.3, 0.4) is 0 Å². The number of methoxy groups -OCH3 is 2. The van der Waals surface area contributed by atoms with Crippen LogP contribution in [0.4, 0.5) is 5.82 Å². The molecule has 0 saturated heterocycles. The summed E-state index contributed by atoms with van der Waals surface area (Å²) in [7, 11) is 2.50. The fourth-order valence-electron chi connectivity index (χ4n) is 1.83. The van der Waals surface area contributed by atoms with Crippen molar-refractivity contribution >= 4 is 17.8 Å². The maximum atomic E-state index is 11.7. The first-order valence-electron chi connectivity index (χ1n) is 6.53. The van der Waals surface area contributed by atoms with Crippen LogP contribution in [0.2, 0.25) is 0 Å². The van der Waals surface area contributed by atoms with Gasteiger partial charge < -0.3 is 19.4 Å². The molecule has 0 aliphatic heterocycles. The van der Waals surface area contributed by atoms with Gasteiger partial charge in [0.2, 0.25) is 0 Å². The number of rotatable bonds is 6. The van der Waals surface area contributed by atoms with Crippen molar-refractivity contribution in [2.45, 2.75) is 18.8 Å². The third kappa shape index (κ3) is 4.04. The maximum Gasteiger partial charge on any atom is 0.325 e. The lowest BCUT2D eigenvalue weighted by molar-refractivity contribution is -0.140. The number of nitrogens with one attached hydrogen (secondary N) is 1. The Labute approximate surface area is 121 Å². The molecule has 1 aromatic heterocycles. The average molecular weight is 295 g/mol. The second-order valence-corrected chi connectivity index (χ2v) is 4.77. The van der Waals surface area contributed by atoms with Crippen molar-refractivity contribution in [2.75, 3.05) is 32.2 Å². The summed E-state index contributed by atoms with van der Waals surface area (Å²) in [6.45, 7) is -0.377. The summed E-state index contributed by atoms with van der Waals surface area (Å²) < 4.78 is 9.18. The number of aromatic nitrogens is 2. The molecule has 0 spiro atoms. The topological polar surface area (TPSA) is 102 Å². The van der Waals surface area contributed by atoms with Gasteiger partial charge in [-0.3, -0.25) is 14.4 Å². The van der Waals surface area contributed by atoms with Crippen molar-refractivity contribution in [2.24, 2.45) is 0 Å². The smallest absolute Gasteiger partial charge is 0.325 e. The molecule has 2 rings (SSSR count). The van der Waals surface area contributed by atoms with E-state index in [2.05, 4.69) is 19.4 Å². The van der Waals surface area contributed by atoms with Gasteiger partial charge in [-0.25, -0.2) is 4.98 Å². The lowest BCUT2D eigenvalue weighted by Crippen LogP contribution is -2.37. The summed E-state index contributed by atoms with van der Waals surface area (Å²) in [6.07, 6.45) is 1.95. The Bertz CT molecular complexity index is 576. The maximum absolute atomic E-state index is 11.7. The molecule has 0 amide bonds. The first kappa shape index (κ1) is 15.0. The van der Waals surface area contributed by atoms with Crippen molar-refractivity contribution in [3.8, 4) is 0 Å². The lowest BCUT2D eigenvalue weighted by Gasteiger charge is -2.21. The second kappa shape index (κ2) is 6.38. The van der Waals surface area contributed by atoms with Crippen LogP contribution in [0.5, 0.6) is 0 Å². The van der Waals surface area contributed by atoms with Gasteiger partial charge in [0.05, 0.1) is 14.2 Å². The summed E-state index contributed by atoms with van der Waals surface area (Å²) in [5, 5.41) is 0. The molecule has 1 aliphatic carbocycles. The average Bonchev–Trinajstić information content (AvgIpc) is 3.30. The van der Waals surface area contributed by atoms with E-state index in [1.165, 1.54) is 25.2 Å². The van der Waals surface area contributed by atoms with Crippen molar-refractivity contribution in [1.29, 1.82) is 0 Å². The minimum atomic E-state index is -0.533. The van der Waals surface area contributed by atoms with Gasteiger partial charge in [0, 0.05) is 12.0 Å². The third-order valence-electron chi connectivity index (χ3n) is 3.13. The number of esters is 2. The van der Waals surface area contributed by atoms with E-state index in [1.54, 1.807) is 0 Å². The number of hydrogen-bond donors (Lipinski definition) is 1. The van der Waals surface area contributed by atoms with Gasteiger partial charge in [-0.15, -0.1) is 0 Å². The Balaban J connectivity index is 2.27. The van der Waals surface area contributed by atoms with E-state index in [9.17, 15) is 14.4 Å². The van der Waals surface area contributed by atoms with Crippen molar-refractivity contribution in [1.82, 2.24) is 9.97 Å². The van der Waals surface area contributed by atoms with E-state index in [4.69, 9.17) is 0 Å². The van der Waals surface area contributed by atoms with Crippen LogP contribution in [-0.4, -0.2) is 49.2 Å².